The maximum absolute atomic E-state index is 13.0. The van der Waals surface area contributed by atoms with Crippen LogP contribution in [0.4, 0.5) is 8.78 Å². The number of hydrogen-bond donors (Lipinski definition) is 1. The first-order valence-electron chi connectivity index (χ1n) is 4.86. The second-order valence-electron chi connectivity index (χ2n) is 3.70. The van der Waals surface area contributed by atoms with Crippen LogP contribution in [0, 0.1) is 18.6 Å². The van der Waals surface area contributed by atoms with E-state index >= 15 is 0 Å². The van der Waals surface area contributed by atoms with Gasteiger partial charge in [0.05, 0.1) is 9.90 Å². The normalized spacial score (nSPS) is 12.8. The molecule has 1 unspecified atom stereocenters. The first kappa shape index (κ1) is 12.5. The van der Waals surface area contributed by atoms with Crippen molar-refractivity contribution < 1.29 is 13.9 Å². The highest BCUT2D eigenvalue weighted by atomic mass is 35.5. The van der Waals surface area contributed by atoms with Crippen LogP contribution in [0.25, 0.3) is 0 Å². The van der Waals surface area contributed by atoms with E-state index in [1.165, 1.54) is 11.3 Å². The summed E-state index contributed by atoms with van der Waals surface area (Å²) >= 11 is 7.26. The number of aliphatic hydroxyl groups is 1. The fourth-order valence-electron chi connectivity index (χ4n) is 1.52. The van der Waals surface area contributed by atoms with Crippen LogP contribution in [0.15, 0.2) is 23.6 Å². The number of aryl methyl sites for hydroxylation is 1. The van der Waals surface area contributed by atoms with Crippen molar-refractivity contribution in [2.75, 3.05) is 0 Å². The summed E-state index contributed by atoms with van der Waals surface area (Å²) in [7, 11) is 0. The molecule has 2 aromatic rings. The van der Waals surface area contributed by atoms with E-state index in [0.717, 1.165) is 23.8 Å². The molecule has 0 spiro atoms. The van der Waals surface area contributed by atoms with Gasteiger partial charge in [0.2, 0.25) is 0 Å². The van der Waals surface area contributed by atoms with Gasteiger partial charge in [-0.25, -0.2) is 8.78 Å². The molecule has 1 heterocycles. The van der Waals surface area contributed by atoms with Crippen molar-refractivity contribution in [3.8, 4) is 0 Å². The van der Waals surface area contributed by atoms with Gasteiger partial charge in [0.15, 0.2) is 0 Å². The summed E-state index contributed by atoms with van der Waals surface area (Å²) in [4.78, 5) is 0.495. The number of rotatable bonds is 2. The average molecular weight is 275 g/mol. The van der Waals surface area contributed by atoms with E-state index in [-0.39, 0.29) is 5.56 Å². The molecule has 1 N–H and O–H groups in total. The maximum atomic E-state index is 13.0. The predicted octanol–water partition coefficient (Wildman–Crippen LogP) is 4.07. The molecular formula is C12H9ClF2OS. The van der Waals surface area contributed by atoms with Crippen LogP contribution in [-0.4, -0.2) is 5.11 Å². The summed E-state index contributed by atoms with van der Waals surface area (Å²) in [6.45, 7) is 1.81. The van der Waals surface area contributed by atoms with Gasteiger partial charge in [0.1, 0.15) is 17.7 Å². The average Bonchev–Trinajstić information content (AvgIpc) is 2.57. The summed E-state index contributed by atoms with van der Waals surface area (Å²) in [5.41, 5.74) is 0.994. The molecule has 0 amide bonds. The largest absolute Gasteiger partial charge is 0.383 e. The van der Waals surface area contributed by atoms with Gasteiger partial charge in [-0.1, -0.05) is 11.6 Å². The molecule has 1 aromatic heterocycles. The Bertz CT molecular complexity index is 533. The monoisotopic (exact) mass is 274 g/mol. The number of hydrogen-bond acceptors (Lipinski definition) is 2. The molecule has 1 aromatic carbocycles. The zero-order chi connectivity index (χ0) is 12.6. The first-order valence-corrected chi connectivity index (χ1v) is 6.12. The van der Waals surface area contributed by atoms with Crippen molar-refractivity contribution in [1.29, 1.82) is 0 Å². The SMILES string of the molecule is Cc1csc(C(O)c2cc(F)cc(F)c2)c1Cl. The van der Waals surface area contributed by atoms with Gasteiger partial charge in [-0.15, -0.1) is 11.3 Å². The van der Waals surface area contributed by atoms with Crippen molar-refractivity contribution in [3.05, 3.63) is 56.2 Å². The summed E-state index contributed by atoms with van der Waals surface area (Å²) in [5, 5.41) is 12.3. The molecule has 0 radical (unpaired) electrons. The summed E-state index contributed by atoms with van der Waals surface area (Å²) in [5.74, 6) is -1.44. The van der Waals surface area contributed by atoms with E-state index in [2.05, 4.69) is 0 Å². The van der Waals surface area contributed by atoms with Gasteiger partial charge in [-0.2, -0.15) is 0 Å². The summed E-state index contributed by atoms with van der Waals surface area (Å²) in [6, 6.07) is 2.95. The summed E-state index contributed by atoms with van der Waals surface area (Å²) < 4.78 is 26.1. The molecule has 0 aliphatic heterocycles. The van der Waals surface area contributed by atoms with Crippen LogP contribution in [-0.2, 0) is 0 Å². The van der Waals surface area contributed by atoms with Crippen molar-refractivity contribution >= 4 is 22.9 Å². The number of halogens is 3. The highest BCUT2D eigenvalue weighted by molar-refractivity contribution is 7.10. The molecule has 0 bridgehead atoms. The van der Waals surface area contributed by atoms with Gasteiger partial charge < -0.3 is 5.11 Å². The molecule has 2 rings (SSSR count). The zero-order valence-corrected chi connectivity index (χ0v) is 10.4. The lowest BCUT2D eigenvalue weighted by Gasteiger charge is -2.10. The predicted molar refractivity (Wildman–Crippen MR) is 64.5 cm³/mol. The Labute approximate surface area is 106 Å². The van der Waals surface area contributed by atoms with E-state index < -0.39 is 17.7 Å². The molecule has 0 saturated carbocycles. The second kappa shape index (κ2) is 4.72. The van der Waals surface area contributed by atoms with Gasteiger partial charge in [-0.05, 0) is 35.6 Å². The molecule has 17 heavy (non-hydrogen) atoms. The Kier molecular flexibility index (Phi) is 3.47. The second-order valence-corrected chi connectivity index (χ2v) is 4.99. The Hall–Kier alpha value is -0.970. The third-order valence-corrected chi connectivity index (χ3v) is 4.14. The Morgan fingerprint density at radius 1 is 1.24 bits per heavy atom. The fourth-order valence-corrected chi connectivity index (χ4v) is 2.83. The third kappa shape index (κ3) is 2.49. The van der Waals surface area contributed by atoms with Crippen LogP contribution in [0.3, 0.4) is 0 Å². The van der Waals surface area contributed by atoms with Crippen LogP contribution in [0.5, 0.6) is 0 Å². The number of aliphatic hydroxyl groups excluding tert-OH is 1. The van der Waals surface area contributed by atoms with Crippen molar-refractivity contribution in [1.82, 2.24) is 0 Å². The Morgan fingerprint density at radius 2 is 1.82 bits per heavy atom. The molecular weight excluding hydrogens is 266 g/mol. The minimum atomic E-state index is -1.11. The quantitative estimate of drug-likeness (QED) is 0.875. The Balaban J connectivity index is 2.43. The summed E-state index contributed by atoms with van der Waals surface area (Å²) in [6.07, 6.45) is -1.11. The van der Waals surface area contributed by atoms with Crippen LogP contribution >= 0.6 is 22.9 Å². The molecule has 0 aliphatic rings. The van der Waals surface area contributed by atoms with Gasteiger partial charge in [0.25, 0.3) is 0 Å². The minimum Gasteiger partial charge on any atom is -0.383 e. The van der Waals surface area contributed by atoms with Crippen molar-refractivity contribution in [2.45, 2.75) is 13.0 Å². The smallest absolute Gasteiger partial charge is 0.126 e. The lowest BCUT2D eigenvalue weighted by atomic mass is 10.1. The first-order chi connectivity index (χ1) is 7.99. The van der Waals surface area contributed by atoms with E-state index in [1.54, 1.807) is 12.3 Å². The van der Waals surface area contributed by atoms with E-state index in [0.29, 0.717) is 9.90 Å². The lowest BCUT2D eigenvalue weighted by molar-refractivity contribution is 0.223. The van der Waals surface area contributed by atoms with Crippen LogP contribution < -0.4 is 0 Å². The minimum absolute atomic E-state index is 0.159. The van der Waals surface area contributed by atoms with Crippen LogP contribution in [0.2, 0.25) is 5.02 Å². The van der Waals surface area contributed by atoms with Crippen LogP contribution in [0.1, 0.15) is 22.1 Å². The Morgan fingerprint density at radius 3 is 2.29 bits per heavy atom. The fraction of sp³-hybridized carbons (Fsp3) is 0.167. The number of thiophene rings is 1. The van der Waals surface area contributed by atoms with E-state index in [4.69, 9.17) is 11.6 Å². The van der Waals surface area contributed by atoms with Gasteiger partial charge in [-0.3, -0.25) is 0 Å². The molecule has 0 aliphatic carbocycles. The van der Waals surface area contributed by atoms with Crippen molar-refractivity contribution in [2.24, 2.45) is 0 Å². The van der Waals surface area contributed by atoms with E-state index in [9.17, 15) is 13.9 Å². The maximum Gasteiger partial charge on any atom is 0.126 e. The molecule has 5 heteroatoms. The molecule has 1 atom stereocenters. The molecule has 90 valence electrons. The van der Waals surface area contributed by atoms with Gasteiger partial charge in [0, 0.05) is 6.07 Å². The zero-order valence-electron chi connectivity index (χ0n) is 8.88. The highest BCUT2D eigenvalue weighted by Crippen LogP contribution is 2.35. The molecule has 0 saturated heterocycles. The number of benzene rings is 1. The van der Waals surface area contributed by atoms with Gasteiger partial charge >= 0.3 is 0 Å². The van der Waals surface area contributed by atoms with E-state index in [1.807, 2.05) is 0 Å². The topological polar surface area (TPSA) is 20.2 Å². The highest BCUT2D eigenvalue weighted by Gasteiger charge is 2.18. The third-order valence-electron chi connectivity index (χ3n) is 2.37. The molecule has 1 nitrogen and oxygen atoms in total. The van der Waals surface area contributed by atoms with Crippen molar-refractivity contribution in [3.63, 3.8) is 0 Å². The lowest BCUT2D eigenvalue weighted by Crippen LogP contribution is -1.99. The molecule has 0 fully saturated rings. The standard InChI is InChI=1S/C12H9ClF2OS/c1-6-5-17-12(10(6)13)11(16)7-2-8(14)4-9(15)3-7/h2-5,11,16H,1H3.